The Morgan fingerprint density at radius 3 is 2.42 bits per heavy atom. The molecule has 0 spiro atoms. The van der Waals surface area contributed by atoms with Gasteiger partial charge in [-0.3, -0.25) is 9.69 Å². The van der Waals surface area contributed by atoms with Crippen LogP contribution in [0.4, 0.5) is 10.1 Å². The Kier molecular flexibility index (Phi) is 6.84. The second-order valence-electron chi connectivity index (χ2n) is 7.91. The molecule has 0 aliphatic carbocycles. The molecule has 0 unspecified atom stereocenters. The van der Waals surface area contributed by atoms with Crippen molar-refractivity contribution in [1.82, 2.24) is 19.4 Å². The van der Waals surface area contributed by atoms with E-state index >= 15 is 0 Å². The zero-order valence-electron chi connectivity index (χ0n) is 18.3. The van der Waals surface area contributed by atoms with Gasteiger partial charge in [0.1, 0.15) is 10.8 Å². The van der Waals surface area contributed by atoms with Crippen molar-refractivity contribution in [2.24, 2.45) is 0 Å². The molecular weight excluding hydrogens is 465 g/mol. The number of benzene rings is 2. The van der Waals surface area contributed by atoms with E-state index in [0.717, 1.165) is 11.1 Å². The summed E-state index contributed by atoms with van der Waals surface area (Å²) < 4.78 is 40.6. The molecule has 1 amide bonds. The Morgan fingerprint density at radius 2 is 1.76 bits per heavy atom. The van der Waals surface area contributed by atoms with Crippen LogP contribution in [-0.4, -0.2) is 59.9 Å². The lowest BCUT2D eigenvalue weighted by Crippen LogP contribution is -2.48. The number of carbonyl (C=O) groups is 1. The van der Waals surface area contributed by atoms with Crippen LogP contribution in [0.25, 0.3) is 0 Å². The summed E-state index contributed by atoms with van der Waals surface area (Å²) in [6.45, 7) is 6.11. The lowest BCUT2D eigenvalue weighted by molar-refractivity contribution is 0.102. The predicted octanol–water partition coefficient (Wildman–Crippen LogP) is 3.05. The summed E-state index contributed by atoms with van der Waals surface area (Å²) in [5, 5.41) is 11.6. The maximum atomic E-state index is 13.1. The van der Waals surface area contributed by atoms with Crippen molar-refractivity contribution in [3.8, 4) is 0 Å². The van der Waals surface area contributed by atoms with Crippen molar-refractivity contribution in [2.75, 3.05) is 31.5 Å². The largest absolute Gasteiger partial charge is 0.320 e. The van der Waals surface area contributed by atoms with Crippen molar-refractivity contribution >= 4 is 33.0 Å². The van der Waals surface area contributed by atoms with Gasteiger partial charge in [-0.15, -0.1) is 10.2 Å². The molecule has 1 aromatic heterocycles. The van der Waals surface area contributed by atoms with E-state index in [1.807, 2.05) is 26.0 Å². The Bertz CT molecular complexity index is 1250. The summed E-state index contributed by atoms with van der Waals surface area (Å²) in [6, 6.07) is 10.8. The zero-order chi connectivity index (χ0) is 23.6. The summed E-state index contributed by atoms with van der Waals surface area (Å²) in [5.74, 6) is -0.789. The number of halogens is 1. The molecule has 1 N–H and O–H groups in total. The van der Waals surface area contributed by atoms with Gasteiger partial charge in [-0.25, -0.2) is 12.8 Å². The number of nitrogens with one attached hydrogen (secondary N) is 1. The molecule has 2 aromatic carbocycles. The van der Waals surface area contributed by atoms with E-state index in [-0.39, 0.29) is 10.8 Å². The molecule has 4 rings (SSSR count). The summed E-state index contributed by atoms with van der Waals surface area (Å²) in [5.41, 5.74) is 2.25. The number of anilines is 1. The van der Waals surface area contributed by atoms with Crippen LogP contribution in [0.1, 0.15) is 25.9 Å². The van der Waals surface area contributed by atoms with E-state index in [0.29, 0.717) is 48.3 Å². The Hall–Kier alpha value is -2.73. The lowest BCUT2D eigenvalue weighted by atomic mass is 10.2. The highest BCUT2D eigenvalue weighted by atomic mass is 32.2. The summed E-state index contributed by atoms with van der Waals surface area (Å²) in [4.78, 5) is 14.8. The first kappa shape index (κ1) is 23.4. The van der Waals surface area contributed by atoms with Crippen LogP contribution in [0.15, 0.2) is 47.4 Å². The molecule has 1 saturated heterocycles. The molecule has 174 valence electrons. The van der Waals surface area contributed by atoms with Crippen LogP contribution in [0.3, 0.4) is 0 Å². The van der Waals surface area contributed by atoms with Gasteiger partial charge in [0, 0.05) is 31.9 Å². The molecule has 33 heavy (non-hydrogen) atoms. The molecule has 3 aromatic rings. The number of rotatable bonds is 6. The summed E-state index contributed by atoms with van der Waals surface area (Å²) in [6.07, 6.45) is 0. The smallest absolute Gasteiger partial charge is 0.286 e. The fraction of sp³-hybridized carbons (Fsp3) is 0.318. The first-order valence-electron chi connectivity index (χ1n) is 10.4. The number of piperazine rings is 1. The van der Waals surface area contributed by atoms with E-state index in [1.54, 1.807) is 6.07 Å². The fourth-order valence-electron chi connectivity index (χ4n) is 3.67. The normalized spacial score (nSPS) is 15.5. The second kappa shape index (κ2) is 9.64. The van der Waals surface area contributed by atoms with Gasteiger partial charge in [-0.05, 0) is 49.7 Å². The third-order valence-corrected chi connectivity index (χ3v) is 8.37. The van der Waals surface area contributed by atoms with E-state index in [2.05, 4.69) is 20.4 Å². The van der Waals surface area contributed by atoms with E-state index < -0.39 is 15.9 Å². The van der Waals surface area contributed by atoms with Gasteiger partial charge in [-0.2, -0.15) is 4.31 Å². The monoisotopic (exact) mass is 489 g/mol. The van der Waals surface area contributed by atoms with Gasteiger partial charge < -0.3 is 5.32 Å². The fourth-order valence-corrected chi connectivity index (χ4v) is 6.08. The number of aromatic nitrogens is 2. The third kappa shape index (κ3) is 5.44. The van der Waals surface area contributed by atoms with Crippen molar-refractivity contribution < 1.29 is 17.6 Å². The molecular formula is C22H24FN5O3S2. The molecule has 1 aliphatic heterocycles. The number of sulfonamides is 1. The minimum Gasteiger partial charge on any atom is -0.320 e. The molecule has 0 bridgehead atoms. The first-order valence-corrected chi connectivity index (χ1v) is 12.7. The number of hydrogen-bond acceptors (Lipinski definition) is 7. The van der Waals surface area contributed by atoms with Gasteiger partial charge in [0.25, 0.3) is 5.91 Å². The highest BCUT2D eigenvalue weighted by molar-refractivity contribution is 7.89. The molecule has 0 saturated carbocycles. The highest BCUT2D eigenvalue weighted by Gasteiger charge is 2.30. The maximum Gasteiger partial charge on any atom is 0.286 e. The van der Waals surface area contributed by atoms with E-state index in [9.17, 15) is 17.6 Å². The Morgan fingerprint density at radius 1 is 1.06 bits per heavy atom. The van der Waals surface area contributed by atoms with Crippen LogP contribution >= 0.6 is 11.3 Å². The molecule has 1 aliphatic rings. The third-order valence-electron chi connectivity index (χ3n) is 5.40. The molecule has 8 nitrogen and oxygen atoms in total. The minimum atomic E-state index is -3.54. The summed E-state index contributed by atoms with van der Waals surface area (Å²) in [7, 11) is -3.54. The maximum absolute atomic E-state index is 13.1. The van der Waals surface area contributed by atoms with Gasteiger partial charge in [-0.1, -0.05) is 29.0 Å². The van der Waals surface area contributed by atoms with Crippen molar-refractivity contribution in [3.05, 3.63) is 69.4 Å². The quantitative estimate of drug-likeness (QED) is 0.572. The van der Waals surface area contributed by atoms with Gasteiger partial charge in [0.05, 0.1) is 11.4 Å². The van der Waals surface area contributed by atoms with Gasteiger partial charge >= 0.3 is 0 Å². The van der Waals surface area contributed by atoms with Crippen molar-refractivity contribution in [2.45, 2.75) is 25.3 Å². The number of nitrogens with zero attached hydrogens (tertiary/aromatic N) is 4. The molecule has 0 atom stereocenters. The van der Waals surface area contributed by atoms with Crippen LogP contribution in [0, 0.1) is 19.7 Å². The molecule has 2 heterocycles. The predicted molar refractivity (Wildman–Crippen MR) is 124 cm³/mol. The standard InChI is InChI=1S/C22H24FN5O3S2/c1-15-3-8-19(16(2)13-15)33(30,31)28-11-9-27(10-12-28)14-20-25-26-22(32-20)21(29)24-18-6-4-17(23)5-7-18/h3-8,13H,9-12,14H2,1-2H3,(H,24,29). The molecule has 1 fully saturated rings. The number of carbonyl (C=O) groups excluding carboxylic acids is 1. The van der Waals surface area contributed by atoms with Gasteiger partial charge in [0.2, 0.25) is 15.0 Å². The van der Waals surface area contributed by atoms with Crippen LogP contribution < -0.4 is 5.32 Å². The SMILES string of the molecule is Cc1ccc(S(=O)(=O)N2CCN(Cc3nnc(C(=O)Nc4ccc(F)cc4)s3)CC2)c(C)c1. The summed E-state index contributed by atoms with van der Waals surface area (Å²) >= 11 is 1.18. The second-order valence-corrected chi connectivity index (χ2v) is 10.9. The number of hydrogen-bond donors (Lipinski definition) is 1. The van der Waals surface area contributed by atoms with Crippen LogP contribution in [0.5, 0.6) is 0 Å². The molecule has 0 radical (unpaired) electrons. The molecule has 11 heteroatoms. The van der Waals surface area contributed by atoms with Crippen molar-refractivity contribution in [3.63, 3.8) is 0 Å². The average Bonchev–Trinajstić information content (AvgIpc) is 3.24. The minimum absolute atomic E-state index is 0.213. The topological polar surface area (TPSA) is 95.5 Å². The Balaban J connectivity index is 1.33. The number of aryl methyl sites for hydroxylation is 2. The average molecular weight is 490 g/mol. The zero-order valence-corrected chi connectivity index (χ0v) is 19.9. The van der Waals surface area contributed by atoms with E-state index in [1.165, 1.54) is 39.9 Å². The van der Waals surface area contributed by atoms with Crippen LogP contribution in [-0.2, 0) is 16.6 Å². The van der Waals surface area contributed by atoms with Crippen molar-refractivity contribution in [1.29, 1.82) is 0 Å². The highest BCUT2D eigenvalue weighted by Crippen LogP contribution is 2.23. The first-order chi connectivity index (χ1) is 15.7. The number of amides is 1. The van der Waals surface area contributed by atoms with Gasteiger partial charge in [0.15, 0.2) is 0 Å². The van der Waals surface area contributed by atoms with E-state index in [4.69, 9.17) is 0 Å². The van der Waals surface area contributed by atoms with Crippen LogP contribution in [0.2, 0.25) is 0 Å². The Labute approximate surface area is 196 Å². The lowest BCUT2D eigenvalue weighted by Gasteiger charge is -2.33.